The number of nitrogen functional groups attached to an aromatic ring is 1. The van der Waals surface area contributed by atoms with E-state index in [1.165, 1.54) is 16.2 Å². The molecule has 0 spiro atoms. The van der Waals surface area contributed by atoms with Gasteiger partial charge in [0.2, 0.25) is 0 Å². The van der Waals surface area contributed by atoms with E-state index in [2.05, 4.69) is 6.58 Å². The van der Waals surface area contributed by atoms with Crippen LogP contribution < -0.4 is 10.6 Å². The molecule has 0 aliphatic heterocycles. The van der Waals surface area contributed by atoms with Crippen LogP contribution in [0.4, 0.5) is 16.2 Å². The highest BCUT2D eigenvalue weighted by molar-refractivity contribution is 7.09. The van der Waals surface area contributed by atoms with Crippen molar-refractivity contribution >= 4 is 28.8 Å². The molecule has 1 heterocycles. The predicted molar refractivity (Wildman–Crippen MR) is 72.5 cm³/mol. The van der Waals surface area contributed by atoms with Gasteiger partial charge in [-0.05, 0) is 20.8 Å². The maximum atomic E-state index is 12.0. The first kappa shape index (κ1) is 13.6. The van der Waals surface area contributed by atoms with Gasteiger partial charge in [0.15, 0.2) is 0 Å². The zero-order valence-corrected chi connectivity index (χ0v) is 11.2. The van der Waals surface area contributed by atoms with E-state index in [1.807, 2.05) is 26.2 Å². The molecule has 5 heteroatoms. The summed E-state index contributed by atoms with van der Waals surface area (Å²) in [4.78, 5) is 13.5. The molecular formula is C12H18N2O2S. The van der Waals surface area contributed by atoms with Gasteiger partial charge in [0.25, 0.3) is 0 Å². The molecule has 0 unspecified atom stereocenters. The van der Waals surface area contributed by atoms with Crippen LogP contribution in [0.5, 0.6) is 0 Å². The lowest BCUT2D eigenvalue weighted by Gasteiger charge is -2.26. The minimum absolute atomic E-state index is 0.371. The highest BCUT2D eigenvalue weighted by Crippen LogP contribution is 2.28. The van der Waals surface area contributed by atoms with Crippen molar-refractivity contribution in [3.05, 3.63) is 23.4 Å². The van der Waals surface area contributed by atoms with E-state index in [1.54, 1.807) is 11.5 Å². The van der Waals surface area contributed by atoms with Gasteiger partial charge in [0.05, 0.1) is 11.4 Å². The summed E-state index contributed by atoms with van der Waals surface area (Å²) in [6.45, 7) is 9.48. The molecule has 1 aromatic heterocycles. The second-order valence-electron chi connectivity index (χ2n) is 4.59. The predicted octanol–water partition coefficient (Wildman–Crippen LogP) is 3.26. The minimum Gasteiger partial charge on any atom is -0.443 e. The Morgan fingerprint density at radius 1 is 1.59 bits per heavy atom. The van der Waals surface area contributed by atoms with Gasteiger partial charge in [0.1, 0.15) is 5.60 Å². The van der Waals surface area contributed by atoms with E-state index in [0.717, 1.165) is 0 Å². The molecule has 1 amide bonds. The molecule has 0 atom stereocenters. The summed E-state index contributed by atoms with van der Waals surface area (Å²) in [6, 6.07) is 0. The number of thiophene rings is 1. The van der Waals surface area contributed by atoms with Crippen LogP contribution in [0.15, 0.2) is 23.4 Å². The molecule has 0 aliphatic carbocycles. The molecule has 17 heavy (non-hydrogen) atoms. The first-order valence-electron chi connectivity index (χ1n) is 5.28. The van der Waals surface area contributed by atoms with Crippen LogP contribution in [0.3, 0.4) is 0 Å². The Labute approximate surface area is 106 Å². The van der Waals surface area contributed by atoms with Gasteiger partial charge in [-0.2, -0.15) is 0 Å². The molecule has 2 N–H and O–H groups in total. The number of carbonyl (C=O) groups excluding carboxylic acids is 1. The van der Waals surface area contributed by atoms with Gasteiger partial charge < -0.3 is 10.5 Å². The zero-order valence-electron chi connectivity index (χ0n) is 10.4. The van der Waals surface area contributed by atoms with Crippen LogP contribution in [0.1, 0.15) is 20.8 Å². The molecule has 94 valence electrons. The van der Waals surface area contributed by atoms with E-state index in [0.29, 0.717) is 17.9 Å². The number of amides is 1. The maximum Gasteiger partial charge on any atom is 0.415 e. The first-order valence-corrected chi connectivity index (χ1v) is 6.22. The van der Waals surface area contributed by atoms with Crippen molar-refractivity contribution in [2.24, 2.45) is 0 Å². The van der Waals surface area contributed by atoms with Crippen molar-refractivity contribution in [1.29, 1.82) is 0 Å². The molecule has 1 aromatic rings. The van der Waals surface area contributed by atoms with Crippen LogP contribution in [-0.4, -0.2) is 18.2 Å². The third-order valence-electron chi connectivity index (χ3n) is 1.89. The molecule has 0 saturated heterocycles. The van der Waals surface area contributed by atoms with E-state index in [-0.39, 0.29) is 0 Å². The average molecular weight is 254 g/mol. The molecule has 1 rings (SSSR count). The van der Waals surface area contributed by atoms with E-state index >= 15 is 0 Å². The number of nitrogens with two attached hydrogens (primary N) is 1. The van der Waals surface area contributed by atoms with Gasteiger partial charge in [-0.1, -0.05) is 6.08 Å². The third kappa shape index (κ3) is 3.78. The van der Waals surface area contributed by atoms with Crippen LogP contribution in [0, 0.1) is 0 Å². The number of nitrogens with zero attached hydrogens (tertiary/aromatic N) is 1. The van der Waals surface area contributed by atoms with Gasteiger partial charge >= 0.3 is 6.09 Å². The molecule has 0 saturated carbocycles. The molecule has 0 radical (unpaired) electrons. The zero-order chi connectivity index (χ0) is 13.1. The quantitative estimate of drug-likeness (QED) is 0.842. The summed E-state index contributed by atoms with van der Waals surface area (Å²) in [5.41, 5.74) is 6.52. The lowest BCUT2D eigenvalue weighted by atomic mass is 10.2. The Bertz CT molecular complexity index is 407. The Balaban J connectivity index is 2.90. The minimum atomic E-state index is -0.527. The lowest BCUT2D eigenvalue weighted by Crippen LogP contribution is -2.37. The van der Waals surface area contributed by atoms with Gasteiger partial charge in [-0.15, -0.1) is 17.9 Å². The Morgan fingerprint density at radius 3 is 2.65 bits per heavy atom. The van der Waals surface area contributed by atoms with Crippen LogP contribution in [0.2, 0.25) is 0 Å². The second kappa shape index (κ2) is 5.23. The van der Waals surface area contributed by atoms with Crippen molar-refractivity contribution < 1.29 is 9.53 Å². The number of hydrogen-bond donors (Lipinski definition) is 1. The Kier molecular flexibility index (Phi) is 4.17. The SMILES string of the molecule is C=CCN(C(=O)OC(C)(C)C)c1cscc1N. The van der Waals surface area contributed by atoms with Crippen LogP contribution in [0.25, 0.3) is 0 Å². The van der Waals surface area contributed by atoms with Crippen molar-refractivity contribution in [1.82, 2.24) is 0 Å². The maximum absolute atomic E-state index is 12.0. The molecule has 0 bridgehead atoms. The highest BCUT2D eigenvalue weighted by atomic mass is 32.1. The summed E-state index contributed by atoms with van der Waals surface area (Å²) < 4.78 is 5.32. The van der Waals surface area contributed by atoms with E-state index in [9.17, 15) is 4.79 Å². The Hall–Kier alpha value is -1.49. The van der Waals surface area contributed by atoms with Gasteiger partial charge in [-0.3, -0.25) is 4.90 Å². The van der Waals surface area contributed by atoms with Gasteiger partial charge in [0, 0.05) is 17.3 Å². The smallest absolute Gasteiger partial charge is 0.415 e. The van der Waals surface area contributed by atoms with Crippen molar-refractivity contribution in [3.63, 3.8) is 0 Å². The van der Waals surface area contributed by atoms with Crippen LogP contribution in [-0.2, 0) is 4.74 Å². The second-order valence-corrected chi connectivity index (χ2v) is 5.34. The van der Waals surface area contributed by atoms with Crippen molar-refractivity contribution in [2.45, 2.75) is 26.4 Å². The highest BCUT2D eigenvalue weighted by Gasteiger charge is 2.24. The fourth-order valence-corrected chi connectivity index (χ4v) is 1.96. The third-order valence-corrected chi connectivity index (χ3v) is 2.64. The van der Waals surface area contributed by atoms with Crippen molar-refractivity contribution in [2.75, 3.05) is 17.2 Å². The number of hydrogen-bond acceptors (Lipinski definition) is 4. The van der Waals surface area contributed by atoms with Crippen LogP contribution >= 0.6 is 11.3 Å². The van der Waals surface area contributed by atoms with E-state index < -0.39 is 11.7 Å². The standard InChI is InChI=1S/C12H18N2O2S/c1-5-6-14(10-8-17-7-9(10)13)11(15)16-12(2,3)4/h5,7-8H,1,6,13H2,2-4H3. The van der Waals surface area contributed by atoms with Crippen molar-refractivity contribution in [3.8, 4) is 0 Å². The normalized spacial score (nSPS) is 11.0. The molecule has 0 fully saturated rings. The summed E-state index contributed by atoms with van der Waals surface area (Å²) in [6.07, 6.45) is 1.23. The van der Waals surface area contributed by atoms with Gasteiger partial charge in [-0.25, -0.2) is 4.79 Å². The Morgan fingerprint density at radius 2 is 2.24 bits per heavy atom. The number of anilines is 2. The average Bonchev–Trinajstić information content (AvgIpc) is 2.58. The summed E-state index contributed by atoms with van der Waals surface area (Å²) in [5.74, 6) is 0. The molecule has 0 aromatic carbocycles. The largest absolute Gasteiger partial charge is 0.443 e. The molecular weight excluding hydrogens is 236 g/mol. The number of rotatable bonds is 3. The van der Waals surface area contributed by atoms with E-state index in [4.69, 9.17) is 10.5 Å². The summed E-state index contributed by atoms with van der Waals surface area (Å²) in [7, 11) is 0. The number of ether oxygens (including phenoxy) is 1. The number of carbonyl (C=O) groups is 1. The fraction of sp³-hybridized carbons (Fsp3) is 0.417. The molecule has 0 aliphatic rings. The first-order chi connectivity index (χ1) is 7.85. The summed E-state index contributed by atoms with van der Waals surface area (Å²) >= 11 is 1.45. The monoisotopic (exact) mass is 254 g/mol. The lowest BCUT2D eigenvalue weighted by molar-refractivity contribution is 0.0584. The molecule has 4 nitrogen and oxygen atoms in total. The topological polar surface area (TPSA) is 55.6 Å². The summed E-state index contributed by atoms with van der Waals surface area (Å²) in [5, 5.41) is 3.61. The fourth-order valence-electron chi connectivity index (χ4n) is 1.24.